The van der Waals surface area contributed by atoms with Gasteiger partial charge in [-0.25, -0.2) is 4.39 Å². The molecule has 0 bridgehead atoms. The number of aryl methyl sites for hydroxylation is 1. The van der Waals surface area contributed by atoms with Gasteiger partial charge in [0.15, 0.2) is 0 Å². The number of anilines is 1. The van der Waals surface area contributed by atoms with Crippen LogP contribution in [0.15, 0.2) is 48.5 Å². The van der Waals surface area contributed by atoms with Crippen LogP contribution in [-0.4, -0.2) is 24.9 Å². The van der Waals surface area contributed by atoms with Crippen LogP contribution in [-0.2, 0) is 22.4 Å². The van der Waals surface area contributed by atoms with Crippen molar-refractivity contribution in [1.29, 1.82) is 0 Å². The number of para-hydroxylation sites is 1. The smallest absolute Gasteiger partial charge is 0.236 e. The molecule has 1 heterocycles. The van der Waals surface area contributed by atoms with Crippen molar-refractivity contribution in [2.24, 2.45) is 0 Å². The van der Waals surface area contributed by atoms with Crippen LogP contribution in [0.4, 0.5) is 10.1 Å². The first-order valence-corrected chi connectivity index (χ1v) is 8.53. The summed E-state index contributed by atoms with van der Waals surface area (Å²) in [5.74, 6) is -0.808. The summed E-state index contributed by atoms with van der Waals surface area (Å²) in [6.45, 7) is 0.946. The van der Waals surface area contributed by atoms with E-state index in [1.165, 1.54) is 6.07 Å². The average Bonchev–Trinajstić information content (AvgIpc) is 2.62. The molecule has 0 spiro atoms. The van der Waals surface area contributed by atoms with Gasteiger partial charge in [0.25, 0.3) is 0 Å². The highest BCUT2D eigenvalue weighted by Crippen LogP contribution is 2.27. The first kappa shape index (κ1) is 17.1. The van der Waals surface area contributed by atoms with Crippen molar-refractivity contribution in [3.63, 3.8) is 0 Å². The molecule has 0 aliphatic carbocycles. The van der Waals surface area contributed by atoms with Crippen molar-refractivity contribution in [2.75, 3.05) is 18.0 Å². The third-order valence-corrected chi connectivity index (χ3v) is 4.40. The first-order chi connectivity index (χ1) is 12.1. The molecule has 1 N–H and O–H groups in total. The van der Waals surface area contributed by atoms with Gasteiger partial charge in [-0.3, -0.25) is 9.59 Å². The van der Waals surface area contributed by atoms with Gasteiger partial charge in [-0.05, 0) is 42.5 Å². The standard InChI is InChI=1S/C20H21FN2O2/c21-17-9-3-1-6-15(17)11-12-22-19(24)14-20(25)23-13-5-8-16-7-2-4-10-18(16)23/h1-4,6-7,9-10H,5,8,11-14H2,(H,22,24). The highest BCUT2D eigenvalue weighted by Gasteiger charge is 2.23. The van der Waals surface area contributed by atoms with Gasteiger partial charge in [-0.2, -0.15) is 0 Å². The lowest BCUT2D eigenvalue weighted by Crippen LogP contribution is -2.39. The minimum Gasteiger partial charge on any atom is -0.355 e. The fourth-order valence-corrected chi connectivity index (χ4v) is 3.13. The number of fused-ring (bicyclic) bond motifs is 1. The second-order valence-corrected chi connectivity index (χ2v) is 6.15. The number of hydrogen-bond acceptors (Lipinski definition) is 2. The number of rotatable bonds is 5. The first-order valence-electron chi connectivity index (χ1n) is 8.53. The van der Waals surface area contributed by atoms with Crippen molar-refractivity contribution in [3.8, 4) is 0 Å². The minimum absolute atomic E-state index is 0.189. The Bertz CT molecular complexity index is 776. The molecule has 0 fully saturated rings. The maximum Gasteiger partial charge on any atom is 0.236 e. The topological polar surface area (TPSA) is 49.4 Å². The number of amides is 2. The number of hydrogen-bond donors (Lipinski definition) is 1. The molecular weight excluding hydrogens is 319 g/mol. The van der Waals surface area contributed by atoms with E-state index >= 15 is 0 Å². The van der Waals surface area contributed by atoms with Crippen molar-refractivity contribution < 1.29 is 14.0 Å². The van der Waals surface area contributed by atoms with Gasteiger partial charge in [-0.1, -0.05) is 36.4 Å². The summed E-state index contributed by atoms with van der Waals surface area (Å²) in [4.78, 5) is 26.2. The second kappa shape index (κ2) is 7.92. The Kier molecular flexibility index (Phi) is 5.43. The normalized spacial score (nSPS) is 13.2. The summed E-state index contributed by atoms with van der Waals surface area (Å²) in [5.41, 5.74) is 2.60. The number of carbonyl (C=O) groups is 2. The molecule has 0 atom stereocenters. The van der Waals surface area contributed by atoms with Gasteiger partial charge in [0, 0.05) is 18.8 Å². The molecule has 25 heavy (non-hydrogen) atoms. The molecule has 0 unspecified atom stereocenters. The fourth-order valence-electron chi connectivity index (χ4n) is 3.13. The highest BCUT2D eigenvalue weighted by molar-refractivity contribution is 6.05. The van der Waals surface area contributed by atoms with Crippen molar-refractivity contribution in [1.82, 2.24) is 5.32 Å². The van der Waals surface area contributed by atoms with Crippen LogP contribution in [0.2, 0.25) is 0 Å². The Labute approximate surface area is 146 Å². The predicted octanol–water partition coefficient (Wildman–Crippen LogP) is 2.85. The Hall–Kier alpha value is -2.69. The lowest BCUT2D eigenvalue weighted by atomic mass is 10.0. The Morgan fingerprint density at radius 1 is 1.08 bits per heavy atom. The Morgan fingerprint density at radius 2 is 1.84 bits per heavy atom. The zero-order valence-corrected chi connectivity index (χ0v) is 14.0. The molecule has 0 saturated heterocycles. The van der Waals surface area contributed by atoms with E-state index in [0.717, 1.165) is 24.1 Å². The van der Waals surface area contributed by atoms with Crippen LogP contribution in [0.3, 0.4) is 0 Å². The van der Waals surface area contributed by atoms with Crippen molar-refractivity contribution >= 4 is 17.5 Å². The molecule has 0 saturated carbocycles. The summed E-state index contributed by atoms with van der Waals surface area (Å²) in [5, 5.41) is 2.70. The predicted molar refractivity (Wildman–Crippen MR) is 94.8 cm³/mol. The number of halogens is 1. The van der Waals surface area contributed by atoms with E-state index in [-0.39, 0.29) is 24.1 Å². The van der Waals surface area contributed by atoms with Crippen LogP contribution in [0, 0.1) is 5.82 Å². The van der Waals surface area contributed by atoms with E-state index in [9.17, 15) is 14.0 Å². The second-order valence-electron chi connectivity index (χ2n) is 6.15. The molecule has 2 aromatic carbocycles. The molecule has 0 radical (unpaired) electrons. The summed E-state index contributed by atoms with van der Waals surface area (Å²) in [6.07, 6.45) is 2.07. The number of nitrogens with one attached hydrogen (secondary N) is 1. The maximum atomic E-state index is 13.5. The highest BCUT2D eigenvalue weighted by atomic mass is 19.1. The van der Waals surface area contributed by atoms with Crippen LogP contribution < -0.4 is 10.2 Å². The van der Waals surface area contributed by atoms with E-state index in [2.05, 4.69) is 5.32 Å². The maximum absolute atomic E-state index is 13.5. The van der Waals surface area contributed by atoms with E-state index < -0.39 is 0 Å². The molecular formula is C20H21FN2O2. The van der Waals surface area contributed by atoms with Crippen LogP contribution in [0.5, 0.6) is 0 Å². The van der Waals surface area contributed by atoms with Gasteiger partial charge in [0.1, 0.15) is 12.2 Å². The summed E-state index contributed by atoms with van der Waals surface area (Å²) >= 11 is 0. The number of carbonyl (C=O) groups excluding carboxylic acids is 2. The molecule has 0 aromatic heterocycles. The van der Waals surface area contributed by atoms with Crippen molar-refractivity contribution in [2.45, 2.75) is 25.7 Å². The Balaban J connectivity index is 1.52. The quantitative estimate of drug-likeness (QED) is 0.851. The SMILES string of the molecule is O=C(CC(=O)N1CCCc2ccccc21)NCCc1ccccc1F. The third-order valence-electron chi connectivity index (χ3n) is 4.40. The fraction of sp³-hybridized carbons (Fsp3) is 0.300. The number of nitrogens with zero attached hydrogens (tertiary/aromatic N) is 1. The number of benzene rings is 2. The molecule has 1 aliphatic heterocycles. The van der Waals surface area contributed by atoms with Gasteiger partial charge in [0.2, 0.25) is 11.8 Å². The van der Waals surface area contributed by atoms with E-state index in [1.807, 2.05) is 24.3 Å². The zero-order chi connectivity index (χ0) is 17.6. The molecule has 1 aliphatic rings. The van der Waals surface area contributed by atoms with Crippen LogP contribution in [0.25, 0.3) is 0 Å². The van der Waals surface area contributed by atoms with E-state index in [1.54, 1.807) is 23.1 Å². The summed E-state index contributed by atoms with van der Waals surface area (Å²) < 4.78 is 13.5. The molecule has 3 rings (SSSR count). The van der Waals surface area contributed by atoms with E-state index in [0.29, 0.717) is 25.1 Å². The molecule has 5 heteroatoms. The third kappa shape index (κ3) is 4.24. The largest absolute Gasteiger partial charge is 0.355 e. The minimum atomic E-state index is -0.329. The zero-order valence-electron chi connectivity index (χ0n) is 14.0. The molecule has 130 valence electrons. The van der Waals surface area contributed by atoms with Gasteiger partial charge in [0.05, 0.1) is 0 Å². The van der Waals surface area contributed by atoms with Crippen LogP contribution >= 0.6 is 0 Å². The average molecular weight is 340 g/mol. The molecule has 2 aromatic rings. The van der Waals surface area contributed by atoms with Crippen LogP contribution in [0.1, 0.15) is 24.0 Å². The van der Waals surface area contributed by atoms with E-state index in [4.69, 9.17) is 0 Å². The lowest BCUT2D eigenvalue weighted by molar-refractivity contribution is -0.127. The van der Waals surface area contributed by atoms with Crippen molar-refractivity contribution in [3.05, 3.63) is 65.5 Å². The van der Waals surface area contributed by atoms with Gasteiger partial charge in [-0.15, -0.1) is 0 Å². The molecule has 4 nitrogen and oxygen atoms in total. The van der Waals surface area contributed by atoms with Gasteiger partial charge >= 0.3 is 0 Å². The summed E-state index contributed by atoms with van der Waals surface area (Å²) in [7, 11) is 0. The molecule has 2 amide bonds. The summed E-state index contributed by atoms with van der Waals surface area (Å²) in [6, 6.07) is 14.3. The Morgan fingerprint density at radius 3 is 2.68 bits per heavy atom. The van der Waals surface area contributed by atoms with Gasteiger partial charge < -0.3 is 10.2 Å². The monoisotopic (exact) mass is 340 g/mol. The lowest BCUT2D eigenvalue weighted by Gasteiger charge is -2.29.